The van der Waals surface area contributed by atoms with Gasteiger partial charge in [-0.1, -0.05) is 17.7 Å². The molecule has 2 aromatic rings. The van der Waals surface area contributed by atoms with Crippen LogP contribution in [0.4, 0.5) is 11.5 Å². The minimum absolute atomic E-state index is 0.0543. The van der Waals surface area contributed by atoms with Gasteiger partial charge in [0.1, 0.15) is 11.6 Å². The number of aromatic nitrogens is 1. The van der Waals surface area contributed by atoms with Gasteiger partial charge in [-0.15, -0.1) is 0 Å². The molecule has 1 atom stereocenters. The number of rotatable bonds is 5. The number of amides is 1. The van der Waals surface area contributed by atoms with Gasteiger partial charge < -0.3 is 15.0 Å². The molecular weight excluding hydrogens is 364 g/mol. The topological polar surface area (TPSA) is 57.7 Å². The van der Waals surface area contributed by atoms with Crippen LogP contribution in [0.2, 0.25) is 5.02 Å². The van der Waals surface area contributed by atoms with Gasteiger partial charge in [-0.05, 0) is 37.6 Å². The number of benzene rings is 1. The number of ether oxygens (including phenoxy) is 1. The number of pyridine rings is 1. The van der Waals surface area contributed by atoms with Gasteiger partial charge >= 0.3 is 0 Å². The van der Waals surface area contributed by atoms with Gasteiger partial charge in [-0.25, -0.2) is 4.98 Å². The minimum atomic E-state index is -0.239. The third kappa shape index (κ3) is 4.51. The maximum atomic E-state index is 12.8. The highest BCUT2D eigenvalue weighted by Gasteiger charge is 2.26. The Bertz CT molecular complexity index is 792. The summed E-state index contributed by atoms with van der Waals surface area (Å²) in [7, 11) is 1.57. The molecule has 27 heavy (non-hydrogen) atoms. The fourth-order valence-electron chi connectivity index (χ4n) is 3.21. The minimum Gasteiger partial charge on any atom is -0.495 e. The lowest BCUT2D eigenvalue weighted by molar-refractivity contribution is -0.120. The molecule has 6 nitrogen and oxygen atoms in total. The van der Waals surface area contributed by atoms with Gasteiger partial charge in [0.25, 0.3) is 0 Å². The van der Waals surface area contributed by atoms with E-state index in [-0.39, 0.29) is 11.9 Å². The van der Waals surface area contributed by atoms with Crippen LogP contribution in [-0.2, 0) is 4.79 Å². The first-order chi connectivity index (χ1) is 13.0. The van der Waals surface area contributed by atoms with Crippen LogP contribution in [0, 0.1) is 6.92 Å². The fourth-order valence-corrected chi connectivity index (χ4v) is 3.37. The molecule has 1 saturated heterocycles. The van der Waals surface area contributed by atoms with Crippen LogP contribution >= 0.6 is 11.6 Å². The van der Waals surface area contributed by atoms with Crippen LogP contribution in [0.3, 0.4) is 0 Å². The number of halogens is 1. The molecule has 3 rings (SSSR count). The predicted octanol–water partition coefficient (Wildman–Crippen LogP) is 3.20. The summed E-state index contributed by atoms with van der Waals surface area (Å²) in [5.74, 6) is 1.49. The van der Waals surface area contributed by atoms with Crippen molar-refractivity contribution in [3.05, 3.63) is 47.1 Å². The molecule has 1 aliphatic rings. The number of nitrogens with zero attached hydrogens (tertiary/aromatic N) is 3. The van der Waals surface area contributed by atoms with Gasteiger partial charge in [-0.3, -0.25) is 9.69 Å². The molecule has 1 aliphatic heterocycles. The van der Waals surface area contributed by atoms with E-state index >= 15 is 0 Å². The maximum absolute atomic E-state index is 12.8. The first-order valence-corrected chi connectivity index (χ1v) is 9.42. The smallest absolute Gasteiger partial charge is 0.241 e. The number of carbonyl (C=O) groups excluding carboxylic acids is 1. The highest BCUT2D eigenvalue weighted by molar-refractivity contribution is 6.31. The molecular formula is C20H25ClN4O2. The number of piperazine rings is 1. The molecule has 2 heterocycles. The zero-order chi connectivity index (χ0) is 19.4. The highest BCUT2D eigenvalue weighted by Crippen LogP contribution is 2.31. The van der Waals surface area contributed by atoms with E-state index in [9.17, 15) is 4.79 Å². The van der Waals surface area contributed by atoms with Crippen molar-refractivity contribution in [2.24, 2.45) is 0 Å². The molecule has 1 aromatic heterocycles. The average molecular weight is 389 g/mol. The van der Waals surface area contributed by atoms with E-state index in [2.05, 4.69) is 20.1 Å². The third-order valence-corrected chi connectivity index (χ3v) is 5.36. The van der Waals surface area contributed by atoms with E-state index in [0.717, 1.165) is 37.6 Å². The summed E-state index contributed by atoms with van der Waals surface area (Å²) in [5.41, 5.74) is 1.53. The quantitative estimate of drug-likeness (QED) is 0.852. The zero-order valence-electron chi connectivity index (χ0n) is 15.9. The van der Waals surface area contributed by atoms with Crippen molar-refractivity contribution < 1.29 is 9.53 Å². The van der Waals surface area contributed by atoms with Crippen LogP contribution in [0.15, 0.2) is 36.5 Å². The second-order valence-corrected chi connectivity index (χ2v) is 7.09. The Labute approximate surface area is 165 Å². The molecule has 0 saturated carbocycles. The Morgan fingerprint density at radius 1 is 1.26 bits per heavy atom. The van der Waals surface area contributed by atoms with E-state index in [1.807, 2.05) is 38.1 Å². The summed E-state index contributed by atoms with van der Waals surface area (Å²) in [6.45, 7) is 7.14. The van der Waals surface area contributed by atoms with Crippen molar-refractivity contribution in [2.45, 2.75) is 19.9 Å². The molecule has 144 valence electrons. The van der Waals surface area contributed by atoms with E-state index in [0.29, 0.717) is 16.5 Å². The van der Waals surface area contributed by atoms with Crippen LogP contribution in [0.5, 0.6) is 5.75 Å². The number of hydrogen-bond donors (Lipinski definition) is 1. The summed E-state index contributed by atoms with van der Waals surface area (Å²) in [6.07, 6.45) is 1.80. The van der Waals surface area contributed by atoms with E-state index in [1.165, 1.54) is 0 Å². The molecule has 0 unspecified atom stereocenters. The molecule has 0 aliphatic carbocycles. The molecule has 7 heteroatoms. The highest BCUT2D eigenvalue weighted by atomic mass is 35.5. The molecule has 1 aromatic carbocycles. The second kappa shape index (κ2) is 8.59. The maximum Gasteiger partial charge on any atom is 0.241 e. The lowest BCUT2D eigenvalue weighted by Gasteiger charge is -2.38. The van der Waals surface area contributed by atoms with Gasteiger partial charge in [0, 0.05) is 43.5 Å². The Morgan fingerprint density at radius 2 is 2.00 bits per heavy atom. The Kier molecular flexibility index (Phi) is 6.19. The van der Waals surface area contributed by atoms with E-state index in [4.69, 9.17) is 16.3 Å². The Balaban J connectivity index is 1.61. The Hall–Kier alpha value is -2.31. The molecule has 1 N–H and O–H groups in total. The normalized spacial score (nSPS) is 16.1. The molecule has 0 radical (unpaired) electrons. The monoisotopic (exact) mass is 388 g/mol. The first kappa shape index (κ1) is 19.5. The first-order valence-electron chi connectivity index (χ1n) is 9.04. The molecule has 0 bridgehead atoms. The van der Waals surface area contributed by atoms with E-state index < -0.39 is 0 Å². The standard InChI is InChI=1S/C20H25ClN4O2/c1-14-12-17(18(27-3)13-16(14)21)23-20(26)15(2)24-8-10-25(11-9-24)19-6-4-5-7-22-19/h4-7,12-13,15H,8-11H2,1-3H3,(H,23,26)/t15-/m1/s1. The number of aryl methyl sites for hydroxylation is 1. The van der Waals surface area contributed by atoms with Crippen LogP contribution in [0.1, 0.15) is 12.5 Å². The summed E-state index contributed by atoms with van der Waals surface area (Å²) < 4.78 is 5.34. The van der Waals surface area contributed by atoms with Crippen molar-refractivity contribution >= 4 is 29.0 Å². The zero-order valence-corrected chi connectivity index (χ0v) is 16.7. The fraction of sp³-hybridized carbons (Fsp3) is 0.400. The van der Waals surface area contributed by atoms with Crippen molar-refractivity contribution in [1.29, 1.82) is 0 Å². The van der Waals surface area contributed by atoms with Crippen molar-refractivity contribution in [3.63, 3.8) is 0 Å². The number of nitrogens with one attached hydrogen (secondary N) is 1. The van der Waals surface area contributed by atoms with Crippen LogP contribution in [-0.4, -0.2) is 55.1 Å². The largest absolute Gasteiger partial charge is 0.495 e. The number of hydrogen-bond acceptors (Lipinski definition) is 5. The van der Waals surface area contributed by atoms with Gasteiger partial charge in [0.2, 0.25) is 5.91 Å². The van der Waals surface area contributed by atoms with Gasteiger partial charge in [0.05, 0.1) is 18.8 Å². The Morgan fingerprint density at radius 3 is 2.63 bits per heavy atom. The van der Waals surface area contributed by atoms with Crippen LogP contribution in [0.25, 0.3) is 0 Å². The van der Waals surface area contributed by atoms with Crippen molar-refractivity contribution in [1.82, 2.24) is 9.88 Å². The molecule has 1 amide bonds. The third-order valence-electron chi connectivity index (χ3n) is 4.95. The SMILES string of the molecule is COc1cc(Cl)c(C)cc1NC(=O)[C@@H](C)N1CCN(c2ccccn2)CC1. The lowest BCUT2D eigenvalue weighted by atomic mass is 10.1. The number of methoxy groups -OCH3 is 1. The van der Waals surface area contributed by atoms with Crippen molar-refractivity contribution in [2.75, 3.05) is 43.5 Å². The molecule has 1 fully saturated rings. The van der Waals surface area contributed by atoms with Gasteiger partial charge in [-0.2, -0.15) is 0 Å². The van der Waals surface area contributed by atoms with Gasteiger partial charge in [0.15, 0.2) is 0 Å². The summed E-state index contributed by atoms with van der Waals surface area (Å²) >= 11 is 6.14. The predicted molar refractivity (Wildman–Crippen MR) is 109 cm³/mol. The number of anilines is 2. The summed E-state index contributed by atoms with van der Waals surface area (Å²) in [6, 6.07) is 9.25. The molecule has 0 spiro atoms. The lowest BCUT2D eigenvalue weighted by Crippen LogP contribution is -2.53. The second-order valence-electron chi connectivity index (χ2n) is 6.68. The average Bonchev–Trinajstić information content (AvgIpc) is 2.70. The van der Waals surface area contributed by atoms with E-state index in [1.54, 1.807) is 19.4 Å². The summed E-state index contributed by atoms with van der Waals surface area (Å²) in [5, 5.41) is 3.59. The number of carbonyl (C=O) groups is 1. The van der Waals surface area contributed by atoms with Crippen molar-refractivity contribution in [3.8, 4) is 5.75 Å². The van der Waals surface area contributed by atoms with Crippen LogP contribution < -0.4 is 15.0 Å². The summed E-state index contributed by atoms with van der Waals surface area (Å²) in [4.78, 5) is 21.6.